The maximum atomic E-state index is 11.7. The number of ether oxygens (including phenoxy) is 1. The number of anilines is 1. The van der Waals surface area contributed by atoms with Crippen LogP contribution in [0.1, 0.15) is 0 Å². The second-order valence-electron chi connectivity index (χ2n) is 3.66. The van der Waals surface area contributed by atoms with Gasteiger partial charge in [-0.05, 0) is 12.1 Å². The van der Waals surface area contributed by atoms with Gasteiger partial charge in [0.2, 0.25) is 5.82 Å². The number of hydrogen-bond acceptors (Lipinski definition) is 4. The zero-order valence-electron chi connectivity index (χ0n) is 9.96. The number of carbonyl (C=O) groups is 1. The molecule has 1 amide bonds. The van der Waals surface area contributed by atoms with Crippen LogP contribution in [0.2, 0.25) is 5.15 Å². The summed E-state index contributed by atoms with van der Waals surface area (Å²) in [5.41, 5.74) is -0.477. The van der Waals surface area contributed by atoms with Gasteiger partial charge in [0.25, 0.3) is 5.56 Å². The first-order valence-electron chi connectivity index (χ1n) is 5.33. The van der Waals surface area contributed by atoms with Crippen molar-refractivity contribution >= 4 is 23.5 Å². The summed E-state index contributed by atoms with van der Waals surface area (Å²) in [7, 11) is 1.50. The van der Waals surface area contributed by atoms with Crippen LogP contribution in [0.15, 0.2) is 41.3 Å². The number of rotatable bonds is 2. The van der Waals surface area contributed by atoms with Crippen LogP contribution in [-0.2, 0) is 7.05 Å². The molecule has 0 aliphatic carbocycles. The predicted molar refractivity (Wildman–Crippen MR) is 70.6 cm³/mol. The molecule has 19 heavy (non-hydrogen) atoms. The Morgan fingerprint density at radius 2 is 2.05 bits per heavy atom. The smallest absolute Gasteiger partial charge is 0.410 e. The summed E-state index contributed by atoms with van der Waals surface area (Å²) in [6.45, 7) is 0. The van der Waals surface area contributed by atoms with Crippen molar-refractivity contribution in [2.45, 2.75) is 0 Å². The first-order valence-corrected chi connectivity index (χ1v) is 5.71. The molecule has 98 valence electrons. The molecule has 1 aromatic heterocycles. The average Bonchev–Trinajstić information content (AvgIpc) is 2.36. The fraction of sp³-hybridized carbons (Fsp3) is 0.0833. The maximum absolute atomic E-state index is 11.7. The van der Waals surface area contributed by atoms with Crippen molar-refractivity contribution in [3.63, 3.8) is 0 Å². The highest BCUT2D eigenvalue weighted by molar-refractivity contribution is 6.29. The lowest BCUT2D eigenvalue weighted by atomic mass is 10.3. The van der Waals surface area contributed by atoms with Gasteiger partial charge in [0.15, 0.2) is 0 Å². The van der Waals surface area contributed by atoms with Crippen molar-refractivity contribution in [3.05, 3.63) is 52.0 Å². The lowest BCUT2D eigenvalue weighted by Crippen LogP contribution is -2.27. The fourth-order valence-electron chi connectivity index (χ4n) is 1.37. The molecule has 0 unspecified atom stereocenters. The minimum atomic E-state index is -0.807. The van der Waals surface area contributed by atoms with E-state index in [0.29, 0.717) is 5.75 Å². The van der Waals surface area contributed by atoms with Gasteiger partial charge in [-0.25, -0.2) is 9.78 Å². The van der Waals surface area contributed by atoms with Crippen LogP contribution in [-0.4, -0.2) is 15.6 Å². The molecule has 0 saturated heterocycles. The molecular weight excluding hydrogens is 270 g/mol. The quantitative estimate of drug-likeness (QED) is 0.913. The molecule has 0 spiro atoms. The van der Waals surface area contributed by atoms with Crippen LogP contribution < -0.4 is 15.6 Å². The van der Waals surface area contributed by atoms with Crippen molar-refractivity contribution in [3.8, 4) is 5.75 Å². The van der Waals surface area contributed by atoms with Crippen molar-refractivity contribution < 1.29 is 9.53 Å². The van der Waals surface area contributed by atoms with E-state index < -0.39 is 11.7 Å². The highest BCUT2D eigenvalue weighted by Crippen LogP contribution is 2.10. The molecular formula is C12H10ClN3O3. The second-order valence-corrected chi connectivity index (χ2v) is 4.04. The molecule has 0 bridgehead atoms. The van der Waals surface area contributed by atoms with Gasteiger partial charge in [-0.1, -0.05) is 29.8 Å². The molecule has 1 N–H and O–H groups in total. The molecule has 0 saturated carbocycles. The predicted octanol–water partition coefficient (Wildman–Crippen LogP) is 2.04. The van der Waals surface area contributed by atoms with Gasteiger partial charge in [-0.15, -0.1) is 0 Å². The van der Waals surface area contributed by atoms with Gasteiger partial charge in [0, 0.05) is 13.2 Å². The number of amides is 1. The van der Waals surface area contributed by atoms with Crippen molar-refractivity contribution in [1.82, 2.24) is 9.55 Å². The molecule has 7 heteroatoms. The van der Waals surface area contributed by atoms with E-state index in [1.54, 1.807) is 30.3 Å². The molecule has 0 radical (unpaired) electrons. The van der Waals surface area contributed by atoms with Crippen molar-refractivity contribution in [2.24, 2.45) is 7.05 Å². The van der Waals surface area contributed by atoms with Crippen LogP contribution in [0, 0.1) is 0 Å². The van der Waals surface area contributed by atoms with Crippen LogP contribution in [0.5, 0.6) is 5.75 Å². The van der Waals surface area contributed by atoms with Crippen molar-refractivity contribution in [1.29, 1.82) is 0 Å². The van der Waals surface area contributed by atoms with Crippen LogP contribution >= 0.6 is 11.6 Å². The van der Waals surface area contributed by atoms with Gasteiger partial charge in [0.1, 0.15) is 10.9 Å². The number of aromatic nitrogens is 2. The van der Waals surface area contributed by atoms with E-state index in [9.17, 15) is 9.59 Å². The number of halogens is 1. The summed E-state index contributed by atoms with van der Waals surface area (Å²) in [6.07, 6.45) is 0.537. The van der Waals surface area contributed by atoms with Crippen LogP contribution in [0.3, 0.4) is 0 Å². The summed E-state index contributed by atoms with van der Waals surface area (Å²) in [4.78, 5) is 27.0. The topological polar surface area (TPSA) is 73.2 Å². The first kappa shape index (κ1) is 13.1. The molecule has 2 rings (SSSR count). The largest absolute Gasteiger partial charge is 0.418 e. The lowest BCUT2D eigenvalue weighted by molar-refractivity contribution is 0.215. The van der Waals surface area contributed by atoms with Crippen molar-refractivity contribution in [2.75, 3.05) is 5.32 Å². The first-order chi connectivity index (χ1) is 9.06. The van der Waals surface area contributed by atoms with E-state index in [1.807, 2.05) is 0 Å². The maximum Gasteiger partial charge on any atom is 0.418 e. The molecule has 2 aromatic rings. The number of carbonyl (C=O) groups excluding carboxylic acids is 1. The normalized spacial score (nSPS) is 10.0. The zero-order valence-corrected chi connectivity index (χ0v) is 10.7. The Bertz CT molecular complexity index is 655. The number of para-hydroxylation sites is 1. The Morgan fingerprint density at radius 1 is 1.37 bits per heavy atom. The third-order valence-electron chi connectivity index (χ3n) is 2.22. The van der Waals surface area contributed by atoms with Gasteiger partial charge in [0.05, 0.1) is 0 Å². The van der Waals surface area contributed by atoms with E-state index >= 15 is 0 Å². The summed E-state index contributed by atoms with van der Waals surface area (Å²) in [5, 5.41) is 2.34. The number of aryl methyl sites for hydroxylation is 1. The number of benzene rings is 1. The summed E-state index contributed by atoms with van der Waals surface area (Å²) >= 11 is 5.70. The van der Waals surface area contributed by atoms with Gasteiger partial charge in [-0.3, -0.25) is 10.1 Å². The highest BCUT2D eigenvalue weighted by atomic mass is 35.5. The summed E-state index contributed by atoms with van der Waals surface area (Å²) in [5.74, 6) is 0.176. The number of hydrogen-bond donors (Lipinski definition) is 1. The molecule has 0 aliphatic rings. The Hall–Kier alpha value is -2.34. The third-order valence-corrected chi connectivity index (χ3v) is 2.40. The minimum Gasteiger partial charge on any atom is -0.410 e. The average molecular weight is 280 g/mol. The molecule has 1 aromatic carbocycles. The Morgan fingerprint density at radius 3 is 2.74 bits per heavy atom. The Labute approximate surface area is 113 Å². The standard InChI is InChI=1S/C12H10ClN3O3/c1-16-7-9(13)14-10(11(16)17)15-12(18)19-8-5-3-2-4-6-8/h2-7H,1H3,(H,14,15,18). The summed E-state index contributed by atoms with van der Waals surface area (Å²) in [6, 6.07) is 8.46. The molecule has 0 fully saturated rings. The number of nitrogens with zero attached hydrogens (tertiary/aromatic N) is 2. The molecule has 0 atom stereocenters. The Kier molecular flexibility index (Phi) is 3.82. The highest BCUT2D eigenvalue weighted by Gasteiger charge is 2.11. The van der Waals surface area contributed by atoms with Gasteiger partial charge >= 0.3 is 6.09 Å². The van der Waals surface area contributed by atoms with Gasteiger partial charge < -0.3 is 9.30 Å². The van der Waals surface area contributed by atoms with E-state index in [1.165, 1.54) is 17.8 Å². The summed E-state index contributed by atoms with van der Waals surface area (Å²) < 4.78 is 6.19. The van der Waals surface area contributed by atoms with Crippen LogP contribution in [0.4, 0.5) is 10.6 Å². The monoisotopic (exact) mass is 279 g/mol. The Balaban J connectivity index is 2.14. The minimum absolute atomic E-state index is 0.0945. The fourth-order valence-corrected chi connectivity index (χ4v) is 1.60. The second kappa shape index (κ2) is 5.53. The molecule has 1 heterocycles. The van der Waals surface area contributed by atoms with E-state index in [2.05, 4.69) is 10.3 Å². The van der Waals surface area contributed by atoms with E-state index in [0.717, 1.165) is 0 Å². The SMILES string of the molecule is Cn1cc(Cl)nc(NC(=O)Oc2ccccc2)c1=O. The molecule has 0 aliphatic heterocycles. The number of nitrogens with one attached hydrogen (secondary N) is 1. The van der Waals surface area contributed by atoms with E-state index in [-0.39, 0.29) is 11.0 Å². The van der Waals surface area contributed by atoms with E-state index in [4.69, 9.17) is 16.3 Å². The van der Waals surface area contributed by atoms with Gasteiger partial charge in [-0.2, -0.15) is 0 Å². The van der Waals surface area contributed by atoms with Crippen LogP contribution in [0.25, 0.3) is 0 Å². The lowest BCUT2D eigenvalue weighted by Gasteiger charge is -2.06. The zero-order chi connectivity index (χ0) is 13.8. The third kappa shape index (κ3) is 3.32. The molecule has 6 nitrogen and oxygen atoms in total.